The number of benzene rings is 1. The number of anilines is 1. The summed E-state index contributed by atoms with van der Waals surface area (Å²) in [6.07, 6.45) is 1.06. The molecule has 0 aliphatic rings. The maximum atomic E-state index is 11.3. The summed E-state index contributed by atoms with van der Waals surface area (Å²) in [5.74, 6) is -0.255. The minimum absolute atomic E-state index is 0.0462. The predicted octanol–water partition coefficient (Wildman–Crippen LogP) is 3.28. The molecule has 110 valence electrons. The molecule has 2 N–H and O–H groups in total. The zero-order valence-corrected chi connectivity index (χ0v) is 13.4. The van der Waals surface area contributed by atoms with Gasteiger partial charge >= 0.3 is 5.97 Å². The first-order valence-electron chi connectivity index (χ1n) is 6.36. The largest absolute Gasteiger partial charge is 0.469 e. The first-order valence-corrected chi connectivity index (χ1v) is 7.15. The average Bonchev–Trinajstić information content (AvgIpc) is 2.41. The molecule has 0 bridgehead atoms. The molecule has 20 heavy (non-hydrogen) atoms. The van der Waals surface area contributed by atoms with Crippen LogP contribution in [0.5, 0.6) is 0 Å². The second-order valence-corrected chi connectivity index (χ2v) is 5.29. The van der Waals surface area contributed by atoms with Gasteiger partial charge in [-0.2, -0.15) is 0 Å². The third-order valence-corrected chi connectivity index (χ3v) is 3.36. The Bertz CT molecular complexity index is 494. The third kappa shape index (κ3) is 5.35. The number of esters is 1. The topological polar surface area (TPSA) is 50.4 Å². The molecule has 1 aromatic rings. The summed E-state index contributed by atoms with van der Waals surface area (Å²) in [6, 6.07) is 5.48. The second kappa shape index (κ2) is 8.07. The molecule has 1 rings (SSSR count). The van der Waals surface area contributed by atoms with E-state index in [0.29, 0.717) is 10.1 Å². The van der Waals surface area contributed by atoms with Gasteiger partial charge in [-0.05, 0) is 49.3 Å². The Morgan fingerprint density at radius 3 is 2.75 bits per heavy atom. The van der Waals surface area contributed by atoms with E-state index >= 15 is 0 Å². The van der Waals surface area contributed by atoms with E-state index in [-0.39, 0.29) is 18.4 Å². The molecule has 1 aromatic carbocycles. The minimum Gasteiger partial charge on any atom is -0.469 e. The van der Waals surface area contributed by atoms with E-state index in [9.17, 15) is 4.79 Å². The van der Waals surface area contributed by atoms with Crippen LogP contribution in [0.1, 0.15) is 25.3 Å². The average molecular weight is 315 g/mol. The monoisotopic (exact) mass is 314 g/mol. The van der Waals surface area contributed by atoms with Crippen LogP contribution in [0.3, 0.4) is 0 Å². The lowest BCUT2D eigenvalue weighted by Gasteiger charge is -2.19. The Labute approximate surface area is 129 Å². The van der Waals surface area contributed by atoms with Crippen LogP contribution in [-0.2, 0) is 9.53 Å². The summed E-state index contributed by atoms with van der Waals surface area (Å²) in [5, 5.41) is 7.37. The molecule has 0 heterocycles. The number of thiocarbonyl (C=S) groups is 1. The highest BCUT2D eigenvalue weighted by Crippen LogP contribution is 2.19. The standard InChI is InChI=1S/C14H19ClN2O2S/c1-4-11(8-13(18)19-3)16-14(20)17-12-6-5-10(15)7-9(12)2/h5-7,11H,4,8H2,1-3H3,(H2,16,17,20). The first-order chi connectivity index (χ1) is 9.46. The van der Waals surface area contributed by atoms with Gasteiger partial charge in [0.2, 0.25) is 0 Å². The highest BCUT2D eigenvalue weighted by molar-refractivity contribution is 7.80. The molecule has 1 atom stereocenters. The van der Waals surface area contributed by atoms with Crippen molar-refractivity contribution in [1.82, 2.24) is 5.32 Å². The van der Waals surface area contributed by atoms with E-state index in [1.54, 1.807) is 6.07 Å². The number of hydrogen-bond donors (Lipinski definition) is 2. The lowest BCUT2D eigenvalue weighted by atomic mass is 10.1. The molecule has 4 nitrogen and oxygen atoms in total. The molecule has 6 heteroatoms. The number of rotatable bonds is 5. The van der Waals surface area contributed by atoms with E-state index in [1.165, 1.54) is 7.11 Å². The van der Waals surface area contributed by atoms with E-state index in [4.69, 9.17) is 23.8 Å². The van der Waals surface area contributed by atoms with Gasteiger partial charge in [0.05, 0.1) is 13.5 Å². The van der Waals surface area contributed by atoms with Gasteiger partial charge in [0.1, 0.15) is 0 Å². The van der Waals surface area contributed by atoms with Gasteiger partial charge in [-0.3, -0.25) is 4.79 Å². The Hall–Kier alpha value is -1.33. The molecule has 0 aliphatic carbocycles. The van der Waals surface area contributed by atoms with Crippen LogP contribution in [0.25, 0.3) is 0 Å². The van der Waals surface area contributed by atoms with Gasteiger partial charge in [-0.1, -0.05) is 18.5 Å². The fourth-order valence-electron chi connectivity index (χ4n) is 1.69. The van der Waals surface area contributed by atoms with Crippen molar-refractivity contribution in [2.24, 2.45) is 0 Å². The first kappa shape index (κ1) is 16.7. The van der Waals surface area contributed by atoms with Crippen LogP contribution >= 0.6 is 23.8 Å². The Morgan fingerprint density at radius 2 is 2.20 bits per heavy atom. The van der Waals surface area contributed by atoms with Crippen molar-refractivity contribution in [2.45, 2.75) is 32.7 Å². The molecule has 1 unspecified atom stereocenters. The summed E-state index contributed by atoms with van der Waals surface area (Å²) < 4.78 is 4.66. The number of methoxy groups -OCH3 is 1. The van der Waals surface area contributed by atoms with E-state index in [0.717, 1.165) is 17.7 Å². The quantitative estimate of drug-likeness (QED) is 0.645. The molecular weight excluding hydrogens is 296 g/mol. The number of carbonyl (C=O) groups excluding carboxylic acids is 1. The molecular formula is C14H19ClN2O2S. The Balaban J connectivity index is 2.59. The van der Waals surface area contributed by atoms with Crippen LogP contribution < -0.4 is 10.6 Å². The van der Waals surface area contributed by atoms with Crippen molar-refractivity contribution in [3.8, 4) is 0 Å². The molecule has 0 aromatic heterocycles. The maximum Gasteiger partial charge on any atom is 0.307 e. The Kier molecular flexibility index (Phi) is 6.75. The number of hydrogen-bond acceptors (Lipinski definition) is 3. The zero-order chi connectivity index (χ0) is 15.1. The zero-order valence-electron chi connectivity index (χ0n) is 11.8. The smallest absolute Gasteiger partial charge is 0.307 e. The van der Waals surface area contributed by atoms with Crippen LogP contribution in [0.2, 0.25) is 5.02 Å². The summed E-state index contributed by atoms with van der Waals surface area (Å²) in [5.41, 5.74) is 1.89. The van der Waals surface area contributed by atoms with Crippen molar-refractivity contribution in [3.63, 3.8) is 0 Å². The number of nitrogens with one attached hydrogen (secondary N) is 2. The highest BCUT2D eigenvalue weighted by atomic mass is 35.5. The van der Waals surface area contributed by atoms with Gasteiger partial charge in [0.15, 0.2) is 5.11 Å². The van der Waals surface area contributed by atoms with Gasteiger partial charge < -0.3 is 15.4 Å². The SMILES string of the molecule is CCC(CC(=O)OC)NC(=S)Nc1ccc(Cl)cc1C. The normalized spacial score (nSPS) is 11.6. The second-order valence-electron chi connectivity index (χ2n) is 4.44. The molecule has 0 amide bonds. The molecule has 0 saturated heterocycles. The summed E-state index contributed by atoms with van der Waals surface area (Å²) in [6.45, 7) is 3.93. The van der Waals surface area contributed by atoms with Crippen molar-refractivity contribution in [2.75, 3.05) is 12.4 Å². The minimum atomic E-state index is -0.255. The van der Waals surface area contributed by atoms with Crippen molar-refractivity contribution < 1.29 is 9.53 Å². The molecule has 0 aliphatic heterocycles. The fourth-order valence-corrected chi connectivity index (χ4v) is 2.20. The molecule has 0 spiro atoms. The van der Waals surface area contributed by atoms with Gasteiger partial charge in [-0.25, -0.2) is 0 Å². The fraction of sp³-hybridized carbons (Fsp3) is 0.429. The molecule has 0 fully saturated rings. The number of ether oxygens (including phenoxy) is 1. The van der Waals surface area contributed by atoms with Gasteiger partial charge in [-0.15, -0.1) is 0 Å². The lowest BCUT2D eigenvalue weighted by molar-refractivity contribution is -0.141. The summed E-state index contributed by atoms with van der Waals surface area (Å²) >= 11 is 11.2. The van der Waals surface area contributed by atoms with Gasteiger partial charge in [0, 0.05) is 16.8 Å². The molecule has 0 radical (unpaired) electrons. The van der Waals surface area contributed by atoms with Crippen LogP contribution in [0.15, 0.2) is 18.2 Å². The van der Waals surface area contributed by atoms with E-state index in [1.807, 2.05) is 26.0 Å². The van der Waals surface area contributed by atoms with Gasteiger partial charge in [0.25, 0.3) is 0 Å². The van der Waals surface area contributed by atoms with Crippen molar-refractivity contribution in [3.05, 3.63) is 28.8 Å². The number of halogens is 1. The van der Waals surface area contributed by atoms with Crippen molar-refractivity contribution in [1.29, 1.82) is 0 Å². The van der Waals surface area contributed by atoms with Crippen molar-refractivity contribution >= 4 is 40.6 Å². The maximum absolute atomic E-state index is 11.3. The number of carbonyl (C=O) groups is 1. The van der Waals surface area contributed by atoms with E-state index < -0.39 is 0 Å². The highest BCUT2D eigenvalue weighted by Gasteiger charge is 2.13. The number of aryl methyl sites for hydroxylation is 1. The third-order valence-electron chi connectivity index (χ3n) is 2.91. The van der Waals surface area contributed by atoms with E-state index in [2.05, 4.69) is 15.4 Å². The summed E-state index contributed by atoms with van der Waals surface area (Å²) in [7, 11) is 1.38. The Morgan fingerprint density at radius 1 is 1.50 bits per heavy atom. The van der Waals surface area contributed by atoms with Crippen LogP contribution in [0.4, 0.5) is 5.69 Å². The summed E-state index contributed by atoms with van der Waals surface area (Å²) in [4.78, 5) is 11.3. The lowest BCUT2D eigenvalue weighted by Crippen LogP contribution is -2.39. The molecule has 0 saturated carbocycles. The van der Waals surface area contributed by atoms with Crippen LogP contribution in [-0.4, -0.2) is 24.2 Å². The van der Waals surface area contributed by atoms with Crippen LogP contribution in [0, 0.1) is 6.92 Å². The predicted molar refractivity (Wildman–Crippen MR) is 86.3 cm³/mol.